The quantitative estimate of drug-likeness (QED) is 0.486. The van der Waals surface area contributed by atoms with E-state index >= 15 is 0 Å². The zero-order chi connectivity index (χ0) is 22.6. The van der Waals surface area contributed by atoms with Gasteiger partial charge in [-0.1, -0.05) is 54.1 Å². The minimum Gasteiger partial charge on any atom is -0.341 e. The van der Waals surface area contributed by atoms with Gasteiger partial charge in [-0.15, -0.1) is 0 Å². The lowest BCUT2D eigenvalue weighted by Crippen LogP contribution is -2.24. The molecule has 168 valence electrons. The van der Waals surface area contributed by atoms with Crippen LogP contribution in [0, 0.1) is 6.92 Å². The van der Waals surface area contributed by atoms with Crippen molar-refractivity contribution in [1.82, 2.24) is 5.32 Å². The van der Waals surface area contributed by atoms with Crippen molar-refractivity contribution in [2.75, 3.05) is 29.0 Å². The molecule has 1 aliphatic heterocycles. The Hall–Kier alpha value is -2.83. The highest BCUT2D eigenvalue weighted by atomic mass is 32.2. The Bertz CT molecular complexity index is 1170. The molecule has 1 heterocycles. The van der Waals surface area contributed by atoms with Crippen LogP contribution in [0.1, 0.15) is 28.7 Å². The van der Waals surface area contributed by atoms with Crippen LogP contribution in [-0.4, -0.2) is 27.8 Å². The Morgan fingerprint density at radius 2 is 1.62 bits per heavy atom. The monoisotopic (exact) mass is 449 g/mol. The Morgan fingerprint density at radius 1 is 0.906 bits per heavy atom. The van der Waals surface area contributed by atoms with Crippen LogP contribution in [0.4, 0.5) is 17.1 Å². The van der Waals surface area contributed by atoms with Crippen LogP contribution in [0.2, 0.25) is 0 Å². The first-order valence-corrected chi connectivity index (χ1v) is 13.0. The summed E-state index contributed by atoms with van der Waals surface area (Å²) in [5, 5.41) is 3.55. The first-order valence-electron chi connectivity index (χ1n) is 11.1. The number of nitrogens with one attached hydrogen (secondary N) is 2. The summed E-state index contributed by atoms with van der Waals surface area (Å²) in [6.07, 6.45) is 4.08. The van der Waals surface area contributed by atoms with Crippen LogP contribution < -0.4 is 14.9 Å². The molecule has 0 aliphatic carbocycles. The van der Waals surface area contributed by atoms with Crippen LogP contribution >= 0.6 is 0 Å². The number of anilines is 3. The van der Waals surface area contributed by atoms with E-state index in [1.807, 2.05) is 12.1 Å². The standard InChI is InChI=1S/C26H31N3O2S/c1-20-8-10-21(11-9-20)19-27-16-5-17-29-25-7-4-3-6-22(25)12-13-23-14-15-24(18-26(23)29)28-32(2,30)31/h3-4,6-11,14-15,18,27-28H,5,12-13,16-17,19H2,1-2H3. The van der Waals surface area contributed by atoms with E-state index in [-0.39, 0.29) is 0 Å². The fourth-order valence-electron chi connectivity index (χ4n) is 4.23. The van der Waals surface area contributed by atoms with E-state index < -0.39 is 10.0 Å². The maximum atomic E-state index is 11.8. The van der Waals surface area contributed by atoms with Crippen molar-refractivity contribution in [2.24, 2.45) is 0 Å². The molecule has 0 saturated carbocycles. The Labute approximate surface area is 191 Å². The Morgan fingerprint density at radius 3 is 2.38 bits per heavy atom. The first kappa shape index (κ1) is 22.4. The van der Waals surface area contributed by atoms with E-state index in [4.69, 9.17) is 0 Å². The molecule has 0 spiro atoms. The van der Waals surface area contributed by atoms with E-state index in [2.05, 4.69) is 76.5 Å². The maximum Gasteiger partial charge on any atom is 0.229 e. The van der Waals surface area contributed by atoms with Crippen molar-refractivity contribution in [2.45, 2.75) is 32.7 Å². The number of nitrogens with zero attached hydrogens (tertiary/aromatic N) is 1. The lowest BCUT2D eigenvalue weighted by molar-refractivity contribution is 0.607. The molecule has 3 aromatic rings. The molecular weight excluding hydrogens is 418 g/mol. The lowest BCUT2D eigenvalue weighted by atomic mass is 10.0. The molecule has 0 saturated heterocycles. The van der Waals surface area contributed by atoms with Gasteiger partial charge in [0.05, 0.1) is 11.9 Å². The topological polar surface area (TPSA) is 61.4 Å². The Kier molecular flexibility index (Phi) is 6.82. The smallest absolute Gasteiger partial charge is 0.229 e. The van der Waals surface area contributed by atoms with Crippen molar-refractivity contribution < 1.29 is 8.42 Å². The SMILES string of the molecule is Cc1ccc(CNCCCN2c3ccccc3CCc3ccc(NS(C)(=O)=O)cc32)cc1. The zero-order valence-electron chi connectivity index (χ0n) is 18.8. The fourth-order valence-corrected chi connectivity index (χ4v) is 4.79. The molecule has 6 heteroatoms. The molecule has 0 atom stereocenters. The number of hydrogen-bond donors (Lipinski definition) is 2. The number of fused-ring (bicyclic) bond motifs is 2. The highest BCUT2D eigenvalue weighted by Crippen LogP contribution is 2.37. The minimum atomic E-state index is -3.32. The molecule has 0 fully saturated rings. The molecular formula is C26H31N3O2S. The molecule has 4 rings (SSSR count). The molecule has 0 unspecified atom stereocenters. The number of benzene rings is 3. The highest BCUT2D eigenvalue weighted by Gasteiger charge is 2.21. The number of sulfonamides is 1. The van der Waals surface area contributed by atoms with Gasteiger partial charge in [-0.25, -0.2) is 8.42 Å². The predicted molar refractivity (Wildman–Crippen MR) is 133 cm³/mol. The molecule has 0 amide bonds. The van der Waals surface area contributed by atoms with Gasteiger partial charge in [0.15, 0.2) is 0 Å². The molecule has 3 aromatic carbocycles. The third-order valence-electron chi connectivity index (χ3n) is 5.81. The summed E-state index contributed by atoms with van der Waals surface area (Å²) in [4.78, 5) is 2.35. The molecule has 2 N–H and O–H groups in total. The second-order valence-electron chi connectivity index (χ2n) is 8.51. The van der Waals surface area contributed by atoms with E-state index in [0.29, 0.717) is 5.69 Å². The van der Waals surface area contributed by atoms with Gasteiger partial charge < -0.3 is 10.2 Å². The van der Waals surface area contributed by atoms with Crippen molar-refractivity contribution in [3.8, 4) is 0 Å². The van der Waals surface area contributed by atoms with Gasteiger partial charge in [0.25, 0.3) is 0 Å². The van der Waals surface area contributed by atoms with Gasteiger partial charge in [0.1, 0.15) is 0 Å². The summed E-state index contributed by atoms with van der Waals surface area (Å²) in [5.74, 6) is 0. The second-order valence-corrected chi connectivity index (χ2v) is 10.3. The van der Waals surface area contributed by atoms with Gasteiger partial charge in [-0.2, -0.15) is 0 Å². The first-order chi connectivity index (χ1) is 15.4. The van der Waals surface area contributed by atoms with E-state index in [0.717, 1.165) is 44.6 Å². The highest BCUT2D eigenvalue weighted by molar-refractivity contribution is 7.92. The maximum absolute atomic E-state index is 11.8. The van der Waals surface area contributed by atoms with Crippen LogP contribution in [-0.2, 0) is 29.4 Å². The van der Waals surface area contributed by atoms with Crippen LogP contribution in [0.15, 0.2) is 66.7 Å². The summed E-state index contributed by atoms with van der Waals surface area (Å²) in [5.41, 5.74) is 8.04. The Balaban J connectivity index is 1.50. The summed E-state index contributed by atoms with van der Waals surface area (Å²) in [6, 6.07) is 23.0. The summed E-state index contributed by atoms with van der Waals surface area (Å²) >= 11 is 0. The third-order valence-corrected chi connectivity index (χ3v) is 6.42. The molecule has 0 aromatic heterocycles. The van der Waals surface area contributed by atoms with E-state index in [9.17, 15) is 8.42 Å². The van der Waals surface area contributed by atoms with E-state index in [1.54, 1.807) is 0 Å². The number of hydrogen-bond acceptors (Lipinski definition) is 4. The second kappa shape index (κ2) is 9.76. The van der Waals surface area contributed by atoms with Crippen molar-refractivity contribution in [3.63, 3.8) is 0 Å². The lowest BCUT2D eigenvalue weighted by Gasteiger charge is -2.27. The van der Waals surface area contributed by atoms with Gasteiger partial charge in [-0.05, 0) is 67.6 Å². The fraction of sp³-hybridized carbons (Fsp3) is 0.308. The zero-order valence-corrected chi connectivity index (χ0v) is 19.6. The molecule has 32 heavy (non-hydrogen) atoms. The largest absolute Gasteiger partial charge is 0.341 e. The summed E-state index contributed by atoms with van der Waals surface area (Å²) < 4.78 is 26.2. The number of rotatable bonds is 8. The average Bonchev–Trinajstić information content (AvgIpc) is 2.91. The minimum absolute atomic E-state index is 0.605. The molecule has 0 bridgehead atoms. The van der Waals surface area contributed by atoms with Gasteiger partial charge in [0, 0.05) is 24.5 Å². The van der Waals surface area contributed by atoms with Crippen LogP contribution in [0.3, 0.4) is 0 Å². The van der Waals surface area contributed by atoms with Gasteiger partial charge >= 0.3 is 0 Å². The third kappa shape index (κ3) is 5.69. The summed E-state index contributed by atoms with van der Waals surface area (Å²) in [7, 11) is -3.32. The molecule has 5 nitrogen and oxygen atoms in total. The number of aryl methyl sites for hydroxylation is 3. The van der Waals surface area contributed by atoms with Crippen LogP contribution in [0.25, 0.3) is 0 Å². The summed E-state index contributed by atoms with van der Waals surface area (Å²) in [6.45, 7) is 4.72. The molecule has 1 aliphatic rings. The normalized spacial score (nSPS) is 13.2. The van der Waals surface area contributed by atoms with Crippen molar-refractivity contribution >= 4 is 27.1 Å². The predicted octanol–water partition coefficient (Wildman–Crippen LogP) is 4.78. The van der Waals surface area contributed by atoms with Crippen LogP contribution in [0.5, 0.6) is 0 Å². The van der Waals surface area contributed by atoms with Gasteiger partial charge in [0.2, 0.25) is 10.0 Å². The van der Waals surface area contributed by atoms with Crippen molar-refractivity contribution in [3.05, 3.63) is 89.0 Å². The average molecular weight is 450 g/mol. The van der Waals surface area contributed by atoms with Crippen molar-refractivity contribution in [1.29, 1.82) is 0 Å². The van der Waals surface area contributed by atoms with Gasteiger partial charge in [-0.3, -0.25) is 4.72 Å². The molecule has 0 radical (unpaired) electrons. The van der Waals surface area contributed by atoms with E-state index in [1.165, 1.54) is 34.2 Å². The number of para-hydroxylation sites is 1.